The summed E-state index contributed by atoms with van der Waals surface area (Å²) < 4.78 is 26.0. The lowest BCUT2D eigenvalue weighted by atomic mass is 10.8. The van der Waals surface area contributed by atoms with E-state index in [1.165, 1.54) is 0 Å². The molecule has 0 amide bonds. The fourth-order valence-electron chi connectivity index (χ4n) is 0.334. The SMILES string of the molecule is NCCOS(=O)(=O)SCCN. The van der Waals surface area contributed by atoms with Gasteiger partial charge in [0.15, 0.2) is 0 Å². The summed E-state index contributed by atoms with van der Waals surface area (Å²) >= 11 is 0. The van der Waals surface area contributed by atoms with Crippen molar-refractivity contribution in [3.8, 4) is 0 Å². The molecule has 0 saturated heterocycles. The maximum Gasteiger partial charge on any atom is 0.322 e. The number of hydrogen-bond acceptors (Lipinski definition) is 6. The Labute approximate surface area is 70.0 Å². The summed E-state index contributed by atoms with van der Waals surface area (Å²) in [6.45, 7) is 0.540. The molecule has 11 heavy (non-hydrogen) atoms. The van der Waals surface area contributed by atoms with Gasteiger partial charge in [0, 0.05) is 18.8 Å². The molecule has 0 aromatic rings. The summed E-state index contributed by atoms with van der Waals surface area (Å²) in [5.41, 5.74) is 10.1. The zero-order valence-corrected chi connectivity index (χ0v) is 7.66. The molecule has 0 heterocycles. The second-order valence-corrected chi connectivity index (χ2v) is 5.26. The molecule has 0 aromatic heterocycles. The molecular weight excluding hydrogens is 188 g/mol. The van der Waals surface area contributed by atoms with Crippen molar-refractivity contribution < 1.29 is 12.6 Å². The van der Waals surface area contributed by atoms with Crippen molar-refractivity contribution in [3.05, 3.63) is 0 Å². The minimum Gasteiger partial charge on any atom is -0.330 e. The zero-order chi connectivity index (χ0) is 8.74. The molecule has 7 heteroatoms. The van der Waals surface area contributed by atoms with Gasteiger partial charge in [-0.25, -0.2) is 0 Å². The summed E-state index contributed by atoms with van der Waals surface area (Å²) in [6, 6.07) is 0. The van der Waals surface area contributed by atoms with E-state index in [1.54, 1.807) is 0 Å². The van der Waals surface area contributed by atoms with E-state index in [9.17, 15) is 8.42 Å². The minimum absolute atomic E-state index is 0.0277. The van der Waals surface area contributed by atoms with Crippen LogP contribution in [-0.4, -0.2) is 33.9 Å². The monoisotopic (exact) mass is 200 g/mol. The third kappa shape index (κ3) is 6.57. The summed E-state index contributed by atoms with van der Waals surface area (Å²) in [5, 5.41) is 0. The molecule has 0 aliphatic heterocycles. The van der Waals surface area contributed by atoms with Gasteiger partial charge in [-0.05, 0) is 10.8 Å². The van der Waals surface area contributed by atoms with Crippen LogP contribution in [-0.2, 0) is 13.3 Å². The number of rotatable bonds is 6. The van der Waals surface area contributed by atoms with Gasteiger partial charge in [-0.3, -0.25) is 4.18 Å². The Morgan fingerprint density at radius 3 is 2.36 bits per heavy atom. The van der Waals surface area contributed by atoms with Crippen LogP contribution in [0.3, 0.4) is 0 Å². The molecule has 0 aromatic carbocycles. The van der Waals surface area contributed by atoms with E-state index in [-0.39, 0.29) is 13.2 Å². The van der Waals surface area contributed by atoms with Crippen LogP contribution in [0.2, 0.25) is 0 Å². The molecule has 4 N–H and O–H groups in total. The van der Waals surface area contributed by atoms with Gasteiger partial charge in [-0.1, -0.05) is 0 Å². The van der Waals surface area contributed by atoms with Crippen LogP contribution in [0.1, 0.15) is 0 Å². The fourth-order valence-corrected chi connectivity index (χ4v) is 2.31. The predicted octanol–water partition coefficient (Wildman–Crippen LogP) is -1.10. The lowest BCUT2D eigenvalue weighted by Gasteiger charge is -2.01. The Morgan fingerprint density at radius 1 is 1.27 bits per heavy atom. The van der Waals surface area contributed by atoms with Gasteiger partial charge in [0.05, 0.1) is 6.61 Å². The van der Waals surface area contributed by atoms with Gasteiger partial charge in [0.2, 0.25) is 0 Å². The quantitative estimate of drug-likeness (QED) is 0.528. The smallest absolute Gasteiger partial charge is 0.322 e. The first-order chi connectivity index (χ1) is 5.12. The third-order valence-electron chi connectivity index (χ3n) is 0.691. The third-order valence-corrected chi connectivity index (χ3v) is 3.49. The molecule has 0 fully saturated rings. The van der Waals surface area contributed by atoms with Gasteiger partial charge in [-0.2, -0.15) is 8.42 Å². The largest absolute Gasteiger partial charge is 0.330 e. The summed E-state index contributed by atoms with van der Waals surface area (Å²) in [4.78, 5) is 0. The van der Waals surface area contributed by atoms with Crippen molar-refractivity contribution in [2.24, 2.45) is 11.5 Å². The average molecular weight is 200 g/mol. The van der Waals surface area contributed by atoms with Crippen molar-refractivity contribution in [1.29, 1.82) is 0 Å². The van der Waals surface area contributed by atoms with Gasteiger partial charge in [-0.15, -0.1) is 0 Å². The molecule has 0 saturated carbocycles. The standard InChI is InChI=1S/C4H12N2O3S2/c5-1-3-9-11(7,8)10-4-2-6/h1-6H2. The van der Waals surface area contributed by atoms with Crippen LogP contribution < -0.4 is 11.5 Å². The lowest BCUT2D eigenvalue weighted by molar-refractivity contribution is 0.339. The zero-order valence-electron chi connectivity index (χ0n) is 6.02. The maximum absolute atomic E-state index is 10.8. The van der Waals surface area contributed by atoms with Crippen LogP contribution in [0, 0.1) is 0 Å². The van der Waals surface area contributed by atoms with E-state index in [4.69, 9.17) is 11.5 Å². The lowest BCUT2D eigenvalue weighted by Crippen LogP contribution is -2.13. The van der Waals surface area contributed by atoms with E-state index in [0.717, 1.165) is 0 Å². The topological polar surface area (TPSA) is 95.4 Å². The highest BCUT2D eigenvalue weighted by Crippen LogP contribution is 2.12. The van der Waals surface area contributed by atoms with Gasteiger partial charge >= 0.3 is 9.15 Å². The van der Waals surface area contributed by atoms with Crippen LogP contribution in [0.4, 0.5) is 0 Å². The van der Waals surface area contributed by atoms with Gasteiger partial charge in [0.1, 0.15) is 0 Å². The molecule has 0 radical (unpaired) electrons. The molecule has 0 aliphatic carbocycles. The first-order valence-corrected chi connectivity index (χ1v) is 5.97. The highest BCUT2D eigenvalue weighted by Gasteiger charge is 2.09. The van der Waals surface area contributed by atoms with E-state index >= 15 is 0 Å². The summed E-state index contributed by atoms with van der Waals surface area (Å²) in [5.74, 6) is 0.340. The van der Waals surface area contributed by atoms with Crippen molar-refractivity contribution >= 4 is 19.9 Å². The first-order valence-electron chi connectivity index (χ1n) is 3.06. The molecular formula is C4H12N2O3S2. The molecule has 68 valence electrons. The van der Waals surface area contributed by atoms with Gasteiger partial charge < -0.3 is 11.5 Å². The average Bonchev–Trinajstić information content (AvgIpc) is 1.97. The normalized spacial score (nSPS) is 11.8. The highest BCUT2D eigenvalue weighted by molar-refractivity contribution is 8.70. The molecule has 0 bridgehead atoms. The van der Waals surface area contributed by atoms with Crippen LogP contribution in [0.5, 0.6) is 0 Å². The molecule has 0 rings (SSSR count). The molecule has 0 aliphatic rings. The molecule has 0 spiro atoms. The summed E-state index contributed by atoms with van der Waals surface area (Å²) in [7, 11) is -2.76. The summed E-state index contributed by atoms with van der Waals surface area (Å²) in [6.07, 6.45) is 0. The van der Waals surface area contributed by atoms with E-state index in [2.05, 4.69) is 4.18 Å². The Hall–Kier alpha value is 0.180. The van der Waals surface area contributed by atoms with Crippen molar-refractivity contribution in [3.63, 3.8) is 0 Å². The van der Waals surface area contributed by atoms with E-state index < -0.39 is 9.15 Å². The van der Waals surface area contributed by atoms with Crippen LogP contribution in [0.15, 0.2) is 0 Å². The number of hydrogen-bond donors (Lipinski definition) is 2. The van der Waals surface area contributed by atoms with Crippen LogP contribution in [0.25, 0.3) is 0 Å². The number of nitrogens with two attached hydrogens (primary N) is 2. The Morgan fingerprint density at radius 2 is 1.91 bits per heavy atom. The Balaban J connectivity index is 3.63. The first kappa shape index (κ1) is 11.2. The Kier molecular flexibility index (Phi) is 5.88. The van der Waals surface area contributed by atoms with Crippen molar-refractivity contribution in [2.75, 3.05) is 25.4 Å². The minimum atomic E-state index is -3.45. The van der Waals surface area contributed by atoms with Gasteiger partial charge in [0.25, 0.3) is 0 Å². The molecule has 0 atom stereocenters. The highest BCUT2D eigenvalue weighted by atomic mass is 33.1. The predicted molar refractivity (Wildman–Crippen MR) is 45.4 cm³/mol. The fraction of sp³-hybridized carbons (Fsp3) is 1.00. The van der Waals surface area contributed by atoms with Crippen molar-refractivity contribution in [2.45, 2.75) is 0 Å². The van der Waals surface area contributed by atoms with Crippen LogP contribution >= 0.6 is 10.8 Å². The Bertz CT molecular complexity index is 166. The molecule has 0 unspecified atom stereocenters. The second kappa shape index (κ2) is 5.78. The maximum atomic E-state index is 10.8. The van der Waals surface area contributed by atoms with E-state index in [0.29, 0.717) is 23.1 Å². The second-order valence-electron chi connectivity index (χ2n) is 1.63. The van der Waals surface area contributed by atoms with E-state index in [1.807, 2.05) is 0 Å². The van der Waals surface area contributed by atoms with Crippen molar-refractivity contribution in [1.82, 2.24) is 0 Å². The molecule has 5 nitrogen and oxygen atoms in total.